The number of nitrogens with zero attached hydrogens (tertiary/aromatic N) is 2. The summed E-state index contributed by atoms with van der Waals surface area (Å²) in [7, 11) is -4.42. The van der Waals surface area contributed by atoms with E-state index in [1.165, 1.54) is 19.1 Å². The van der Waals surface area contributed by atoms with E-state index in [1.54, 1.807) is 73.7 Å². The maximum Gasteiger partial charge on any atom is 0.331 e. The van der Waals surface area contributed by atoms with Crippen LogP contribution < -0.4 is 9.21 Å². The molecule has 200 valence electrons. The minimum atomic E-state index is -4.42. The Bertz CT molecular complexity index is 1610. The molecule has 39 heavy (non-hydrogen) atoms. The largest absolute Gasteiger partial charge is 0.464 e. The molecule has 0 aliphatic carbocycles. The van der Waals surface area contributed by atoms with Gasteiger partial charge < -0.3 is 4.74 Å². The van der Waals surface area contributed by atoms with Crippen molar-refractivity contribution in [1.82, 2.24) is 0 Å². The number of hydrogen-bond acceptors (Lipinski definition) is 6. The van der Waals surface area contributed by atoms with Crippen LogP contribution in [0.15, 0.2) is 90.3 Å². The summed E-state index contributed by atoms with van der Waals surface area (Å²) in [5.74, 6) is -3.02. The quantitative estimate of drug-likeness (QED) is 0.352. The summed E-state index contributed by atoms with van der Waals surface area (Å²) in [6.07, 6.45) is 1.54. The number of imide groups is 1. The molecule has 8 nitrogen and oxygen atoms in total. The fourth-order valence-corrected chi connectivity index (χ4v) is 7.57. The lowest BCUT2D eigenvalue weighted by Gasteiger charge is -2.49. The fraction of sp³-hybridized carbons (Fsp3) is 0.233. The second kappa shape index (κ2) is 9.50. The summed E-state index contributed by atoms with van der Waals surface area (Å²) in [5.41, 5.74) is 0.364. The summed E-state index contributed by atoms with van der Waals surface area (Å²) >= 11 is 0. The van der Waals surface area contributed by atoms with Crippen LogP contribution in [0.5, 0.6) is 0 Å². The zero-order chi connectivity index (χ0) is 28.1. The molecule has 0 N–H and O–H groups in total. The number of carbonyl (C=O) groups excluding carboxylic acids is 3. The van der Waals surface area contributed by atoms with Gasteiger partial charge in [0.15, 0.2) is 6.04 Å². The van der Waals surface area contributed by atoms with Gasteiger partial charge in [0, 0.05) is 12.8 Å². The number of allylic oxidation sites excluding steroid dienone is 1. The lowest BCUT2D eigenvalue weighted by atomic mass is 9.61. The van der Waals surface area contributed by atoms with Crippen LogP contribution >= 0.6 is 0 Å². The van der Waals surface area contributed by atoms with Gasteiger partial charge >= 0.3 is 5.97 Å². The van der Waals surface area contributed by atoms with E-state index in [2.05, 4.69) is 6.58 Å². The topological polar surface area (TPSA) is 101 Å². The van der Waals surface area contributed by atoms with Crippen LogP contribution in [0.25, 0.3) is 0 Å². The van der Waals surface area contributed by atoms with E-state index in [-0.39, 0.29) is 17.2 Å². The van der Waals surface area contributed by atoms with Gasteiger partial charge in [-0.05, 0) is 49.2 Å². The summed E-state index contributed by atoms with van der Waals surface area (Å²) < 4.78 is 35.4. The summed E-state index contributed by atoms with van der Waals surface area (Å²) in [6.45, 7) is 8.65. The SMILES string of the molecule is C=CC1c2ccccc2N(S(=O)(=O)c2ccc(C)cc2)[C@H](C(=O)OCC)C12C(=O)N(C(C)=O)c1ccccc12. The van der Waals surface area contributed by atoms with Gasteiger partial charge in [-0.1, -0.05) is 60.2 Å². The molecule has 3 aromatic rings. The summed E-state index contributed by atoms with van der Waals surface area (Å²) in [4.78, 5) is 42.4. The van der Waals surface area contributed by atoms with Crippen molar-refractivity contribution in [3.63, 3.8) is 0 Å². The van der Waals surface area contributed by atoms with Crippen LogP contribution in [0.3, 0.4) is 0 Å². The minimum absolute atomic E-state index is 0.0451. The standard InChI is InChI=1S/C30H28N2O6S/c1-5-23-22-11-7-9-13-25(22)32(39(36,37)21-17-15-19(3)16-18-21)27(28(34)38-6-2)30(23)24-12-8-10-14-26(24)31(20(4)33)29(30)35/h5,7-18,23,27H,1,6H2,2-4H3/t23?,27-,30?/m1/s1. The number of rotatable bonds is 5. The van der Waals surface area contributed by atoms with Crippen LogP contribution in [0.4, 0.5) is 11.4 Å². The Labute approximate surface area is 227 Å². The van der Waals surface area contributed by atoms with E-state index in [1.807, 2.05) is 6.92 Å². The zero-order valence-electron chi connectivity index (χ0n) is 21.8. The number of aryl methyl sites for hydroxylation is 1. The Kier molecular flexibility index (Phi) is 6.42. The van der Waals surface area contributed by atoms with E-state index < -0.39 is 45.2 Å². The van der Waals surface area contributed by atoms with Crippen molar-refractivity contribution in [3.8, 4) is 0 Å². The van der Waals surface area contributed by atoms with Crippen LogP contribution in [0.1, 0.15) is 36.5 Å². The molecule has 3 aromatic carbocycles. The molecule has 0 bridgehead atoms. The lowest BCUT2D eigenvalue weighted by molar-refractivity contribution is -0.149. The van der Waals surface area contributed by atoms with E-state index in [0.29, 0.717) is 16.8 Å². The van der Waals surface area contributed by atoms with Crippen molar-refractivity contribution in [2.45, 2.75) is 43.0 Å². The molecule has 2 aliphatic heterocycles. The van der Waals surface area contributed by atoms with E-state index in [9.17, 15) is 22.8 Å². The van der Waals surface area contributed by atoms with Crippen LogP contribution in [-0.2, 0) is 34.6 Å². The minimum Gasteiger partial charge on any atom is -0.464 e. The first-order valence-corrected chi connectivity index (χ1v) is 14.0. The molecule has 3 atom stereocenters. The first-order chi connectivity index (χ1) is 18.6. The summed E-state index contributed by atoms with van der Waals surface area (Å²) in [5, 5.41) is 0. The highest BCUT2D eigenvalue weighted by Crippen LogP contribution is 2.59. The van der Waals surface area contributed by atoms with Crippen LogP contribution in [0.2, 0.25) is 0 Å². The number of carbonyl (C=O) groups is 3. The van der Waals surface area contributed by atoms with Gasteiger partial charge in [-0.15, -0.1) is 6.58 Å². The number of esters is 1. The number of fused-ring (bicyclic) bond motifs is 3. The number of hydrogen-bond donors (Lipinski definition) is 0. The van der Waals surface area contributed by atoms with Gasteiger partial charge in [-0.2, -0.15) is 0 Å². The van der Waals surface area contributed by atoms with Crippen molar-refractivity contribution in [2.75, 3.05) is 15.8 Å². The predicted octanol–water partition coefficient (Wildman–Crippen LogP) is 4.24. The zero-order valence-corrected chi connectivity index (χ0v) is 22.6. The van der Waals surface area contributed by atoms with Crippen molar-refractivity contribution >= 4 is 39.2 Å². The van der Waals surface area contributed by atoms with Gasteiger partial charge in [0.1, 0.15) is 5.41 Å². The Morgan fingerprint density at radius 1 is 1.00 bits per heavy atom. The smallest absolute Gasteiger partial charge is 0.331 e. The molecule has 2 amide bonds. The Hall–Kier alpha value is -4.24. The maximum absolute atomic E-state index is 14.6. The second-order valence-electron chi connectivity index (χ2n) is 9.59. The molecule has 2 heterocycles. The third-order valence-corrected chi connectivity index (χ3v) is 9.24. The number of para-hydroxylation sites is 2. The van der Waals surface area contributed by atoms with Gasteiger partial charge in [0.2, 0.25) is 11.8 Å². The first-order valence-electron chi connectivity index (χ1n) is 12.6. The molecule has 2 unspecified atom stereocenters. The highest BCUT2D eigenvalue weighted by molar-refractivity contribution is 7.93. The molecule has 1 spiro atoms. The number of ether oxygens (including phenoxy) is 1. The third kappa shape index (κ3) is 3.64. The molecule has 0 saturated heterocycles. The molecule has 0 aromatic heterocycles. The van der Waals surface area contributed by atoms with Crippen LogP contribution in [0, 0.1) is 6.92 Å². The molecular formula is C30H28N2O6S. The van der Waals surface area contributed by atoms with Gasteiger partial charge in [-0.25, -0.2) is 18.1 Å². The van der Waals surface area contributed by atoms with Crippen molar-refractivity contribution in [2.24, 2.45) is 0 Å². The molecule has 0 saturated carbocycles. The second-order valence-corrected chi connectivity index (χ2v) is 11.4. The molecule has 2 aliphatic rings. The number of sulfonamides is 1. The fourth-order valence-electron chi connectivity index (χ4n) is 5.90. The molecule has 9 heteroatoms. The third-order valence-electron chi connectivity index (χ3n) is 7.45. The molecule has 0 radical (unpaired) electrons. The van der Waals surface area contributed by atoms with Crippen molar-refractivity contribution in [1.29, 1.82) is 0 Å². The molecule has 5 rings (SSSR count). The first kappa shape index (κ1) is 26.4. The highest BCUT2D eigenvalue weighted by Gasteiger charge is 2.68. The predicted molar refractivity (Wildman–Crippen MR) is 147 cm³/mol. The normalized spacial score (nSPS) is 21.9. The van der Waals surface area contributed by atoms with E-state index in [4.69, 9.17) is 4.74 Å². The molecular weight excluding hydrogens is 516 g/mol. The number of amides is 2. The Morgan fingerprint density at radius 2 is 1.62 bits per heavy atom. The van der Waals surface area contributed by atoms with E-state index in [0.717, 1.165) is 14.8 Å². The number of benzene rings is 3. The monoisotopic (exact) mass is 544 g/mol. The Morgan fingerprint density at radius 3 is 2.23 bits per heavy atom. The number of anilines is 2. The van der Waals surface area contributed by atoms with Gasteiger partial charge in [0.25, 0.3) is 10.0 Å². The molecule has 0 fully saturated rings. The van der Waals surface area contributed by atoms with Crippen LogP contribution in [-0.4, -0.2) is 38.9 Å². The van der Waals surface area contributed by atoms with Crippen molar-refractivity contribution < 1.29 is 27.5 Å². The average molecular weight is 545 g/mol. The van der Waals surface area contributed by atoms with Crippen molar-refractivity contribution in [3.05, 3.63) is 102 Å². The maximum atomic E-state index is 14.6. The van der Waals surface area contributed by atoms with Gasteiger partial charge in [-0.3, -0.25) is 13.9 Å². The summed E-state index contributed by atoms with van der Waals surface area (Å²) in [6, 6.07) is 18.0. The van der Waals surface area contributed by atoms with E-state index >= 15 is 0 Å². The Balaban J connectivity index is 1.93. The highest BCUT2D eigenvalue weighted by atomic mass is 32.2. The average Bonchev–Trinajstić information content (AvgIpc) is 3.17. The van der Waals surface area contributed by atoms with Gasteiger partial charge in [0.05, 0.1) is 22.9 Å². The lowest BCUT2D eigenvalue weighted by Crippen LogP contribution is -2.66.